The highest BCUT2D eigenvalue weighted by Crippen LogP contribution is 2.66. The van der Waals surface area contributed by atoms with E-state index in [-0.39, 0.29) is 74.9 Å². The van der Waals surface area contributed by atoms with Crippen molar-refractivity contribution in [3.63, 3.8) is 0 Å². The Labute approximate surface area is 395 Å². The summed E-state index contributed by atoms with van der Waals surface area (Å²) in [6.45, 7) is 9.44. The van der Waals surface area contributed by atoms with Crippen LogP contribution in [0.3, 0.4) is 0 Å². The van der Waals surface area contributed by atoms with E-state index in [1.165, 1.54) is 43.1 Å². The number of nitrogens with zero attached hydrogens (tertiary/aromatic N) is 2. The zero-order valence-corrected chi connectivity index (χ0v) is 42.8. The average Bonchev–Trinajstić information content (AvgIpc) is 3.94. The fourth-order valence-corrected chi connectivity index (χ4v) is 15.7. The second-order valence-corrected chi connectivity index (χ2v) is 28.3. The Balaban J connectivity index is 1.13. The van der Waals surface area contributed by atoms with Crippen LogP contribution in [0.25, 0.3) is 11.0 Å². The van der Waals surface area contributed by atoms with E-state index in [1.807, 2.05) is 32.5 Å². The third kappa shape index (κ3) is 17.9. The number of nitrogens with one attached hydrogen (secondary N) is 3. The molecule has 0 aromatic carbocycles. The number of fused-ring (bicyclic) bond motifs is 2. The number of phosphoric ester groups is 1. The van der Waals surface area contributed by atoms with Gasteiger partial charge in [0.15, 0.2) is 5.65 Å². The Morgan fingerprint density at radius 1 is 1.03 bits per heavy atom. The molecule has 0 bridgehead atoms. The molecule has 0 aliphatic carbocycles. The number of aromatic amines is 1. The molecule has 5 rings (SSSR count). The minimum atomic E-state index is -5.76. The maximum atomic E-state index is 13.2. The summed E-state index contributed by atoms with van der Waals surface area (Å²) in [6, 6.07) is 0.279. The van der Waals surface area contributed by atoms with Gasteiger partial charge in [0.05, 0.1) is 35.7 Å². The van der Waals surface area contributed by atoms with Crippen molar-refractivity contribution in [2.45, 2.75) is 125 Å². The van der Waals surface area contributed by atoms with Crippen LogP contribution in [0, 0.1) is 11.8 Å². The number of phosphoric acid groups is 3. The summed E-state index contributed by atoms with van der Waals surface area (Å²) in [5.74, 6) is 7.28. The van der Waals surface area contributed by atoms with Crippen molar-refractivity contribution < 1.29 is 70.2 Å². The molecule has 3 saturated heterocycles. The van der Waals surface area contributed by atoms with Crippen LogP contribution in [-0.4, -0.2) is 116 Å². The summed E-state index contributed by atoms with van der Waals surface area (Å²) in [6.07, 6.45) is 3.21. The SMILES string of the molecule is CC(C)(C)SSCOC1C[C@H](n2cc(C#CCOCSSC(C)(C)CCC(=O)CCCCC3SCC4NC(=O)NC43)c3c(=O)[nH]c(N)nc32)O[C@@H]1COP(=O)(O)OP(=O)(O)OP(=O)(O)O. The Hall–Kier alpha value is -1.24. The Morgan fingerprint density at radius 3 is 2.49 bits per heavy atom. The van der Waals surface area contributed by atoms with Crippen LogP contribution in [0.1, 0.15) is 91.4 Å². The molecule has 0 saturated carbocycles. The second kappa shape index (κ2) is 23.6. The van der Waals surface area contributed by atoms with Gasteiger partial charge in [0.2, 0.25) is 5.95 Å². The molecular weight excluding hydrogens is 1010 g/mol. The number of ketones is 1. The topological polar surface area (TPSA) is 322 Å². The predicted molar refractivity (Wildman–Crippen MR) is 253 cm³/mol. The van der Waals surface area contributed by atoms with E-state index < -0.39 is 54.1 Å². The fourth-order valence-electron chi connectivity index (χ4n) is 6.83. The highest BCUT2D eigenvalue weighted by atomic mass is 33.1. The third-order valence-electron chi connectivity index (χ3n) is 9.60. The van der Waals surface area contributed by atoms with Gasteiger partial charge in [-0.3, -0.25) is 19.1 Å². The molecule has 9 N–H and O–H groups in total. The summed E-state index contributed by atoms with van der Waals surface area (Å²) < 4.78 is 67.2. The number of urea groups is 1. The number of carbonyl (C=O) groups is 2. The van der Waals surface area contributed by atoms with Crippen LogP contribution in [0.5, 0.6) is 0 Å². The van der Waals surface area contributed by atoms with Crippen molar-refractivity contribution in [3.8, 4) is 11.8 Å². The summed E-state index contributed by atoms with van der Waals surface area (Å²) in [4.78, 5) is 81.6. The molecule has 5 heterocycles. The number of anilines is 1. The van der Waals surface area contributed by atoms with E-state index in [9.17, 15) is 37.9 Å². The molecule has 65 heavy (non-hydrogen) atoms. The summed E-state index contributed by atoms with van der Waals surface area (Å²) >= 11 is 1.88. The number of aromatic nitrogens is 3. The van der Waals surface area contributed by atoms with Crippen LogP contribution >= 0.6 is 78.4 Å². The molecular formula is C35H55N6O16P3S5. The Morgan fingerprint density at radius 2 is 1.77 bits per heavy atom. The van der Waals surface area contributed by atoms with Crippen LogP contribution in [0.4, 0.5) is 10.7 Å². The van der Waals surface area contributed by atoms with Gasteiger partial charge in [-0.25, -0.2) is 18.5 Å². The van der Waals surface area contributed by atoms with Gasteiger partial charge in [-0.15, -0.1) is 0 Å². The van der Waals surface area contributed by atoms with Gasteiger partial charge < -0.3 is 54.7 Å². The number of unbranched alkanes of at least 4 members (excludes halogenated alkanes) is 1. The first kappa shape index (κ1) is 54.7. The Kier molecular flexibility index (Phi) is 19.8. The van der Waals surface area contributed by atoms with Gasteiger partial charge in [-0.2, -0.15) is 25.4 Å². The summed E-state index contributed by atoms with van der Waals surface area (Å²) in [7, 11) is -10.8. The van der Waals surface area contributed by atoms with Crippen LogP contribution in [0.2, 0.25) is 0 Å². The minimum absolute atomic E-state index is 0.0197. The van der Waals surface area contributed by atoms with Crippen LogP contribution in [-0.2, 0) is 45.8 Å². The zero-order chi connectivity index (χ0) is 47.8. The van der Waals surface area contributed by atoms with E-state index in [4.69, 9.17) is 34.3 Å². The number of carbonyl (C=O) groups excluding carboxylic acids is 2. The van der Waals surface area contributed by atoms with Gasteiger partial charge in [-0.1, -0.05) is 82.2 Å². The van der Waals surface area contributed by atoms with E-state index in [1.54, 1.807) is 10.8 Å². The molecule has 2 amide bonds. The van der Waals surface area contributed by atoms with Crippen molar-refractivity contribution >= 4 is 107 Å². The fraction of sp³-hybridized carbons (Fsp3) is 0.714. The number of Topliss-reactive ketones (excluding diaryl/α,β-unsaturated/α-hetero) is 1. The molecule has 22 nitrogen and oxygen atoms in total. The third-order valence-corrected chi connectivity index (χ3v) is 20.9. The molecule has 2 aromatic heterocycles. The first-order valence-corrected chi connectivity index (χ1v) is 30.3. The highest BCUT2D eigenvalue weighted by molar-refractivity contribution is 8.77. The minimum Gasteiger partial charge on any atom is -0.369 e. The number of ether oxygens (including phenoxy) is 3. The van der Waals surface area contributed by atoms with E-state index in [2.05, 4.69) is 54.9 Å². The first-order valence-electron chi connectivity index (χ1n) is 20.1. The molecule has 8 atom stereocenters. The lowest BCUT2D eigenvalue weighted by Gasteiger charge is -2.22. The first-order chi connectivity index (χ1) is 30.3. The lowest BCUT2D eigenvalue weighted by molar-refractivity contribution is -0.119. The number of hydrogen-bond donors (Lipinski definition) is 8. The molecule has 30 heteroatoms. The number of nitrogen functional groups attached to an aromatic ring is 1. The normalized spacial score (nSPS) is 24.2. The summed E-state index contributed by atoms with van der Waals surface area (Å²) in [5, 5.41) is 6.45. The second-order valence-electron chi connectivity index (χ2n) is 16.6. The largest absolute Gasteiger partial charge is 0.490 e. The van der Waals surface area contributed by atoms with E-state index in [0.29, 0.717) is 30.5 Å². The predicted octanol–water partition coefficient (Wildman–Crippen LogP) is 6.02. The smallest absolute Gasteiger partial charge is 0.369 e. The zero-order valence-electron chi connectivity index (χ0n) is 36.1. The van der Waals surface area contributed by atoms with Crippen molar-refractivity contribution in [3.05, 3.63) is 22.1 Å². The maximum absolute atomic E-state index is 13.2. The number of hydrogen-bond acceptors (Lipinski definition) is 19. The average molecular weight is 1070 g/mol. The summed E-state index contributed by atoms with van der Waals surface area (Å²) in [5.41, 5.74) is 5.72. The lowest BCUT2D eigenvalue weighted by atomic mass is 9.99. The molecule has 6 unspecified atom stereocenters. The van der Waals surface area contributed by atoms with Crippen molar-refractivity contribution in [2.24, 2.45) is 0 Å². The number of amides is 2. The van der Waals surface area contributed by atoms with Gasteiger partial charge in [0.1, 0.15) is 36.6 Å². The van der Waals surface area contributed by atoms with Crippen LogP contribution < -0.4 is 21.9 Å². The van der Waals surface area contributed by atoms with Crippen molar-refractivity contribution in [2.75, 3.05) is 36.6 Å². The molecule has 3 aliphatic heterocycles. The standard InChI is InChI=1S/C35H55N6O16P3S5/c1-34(2,3)64-63-20-53-24-15-27(55-25(24)17-54-59(48,49)57-60(50,51)56-58(45,46)47)41-16-21(28-30(41)39-32(36)40-31(28)43)9-8-14-52-19-62-65-35(4,5)13-12-22(42)10-6-7-11-26-29-23(18-61-26)37-33(44)38-29/h16,23-27,29H,6-7,10-15,17-20H2,1-5H3,(H,48,49)(H,50,51)(H2,37,38,44)(H2,45,46,47)(H3,36,39,40,43)/t23?,24?,25-,26?,27-,29?/m1/s1. The Bertz CT molecular complexity index is 2270. The lowest BCUT2D eigenvalue weighted by Crippen LogP contribution is -2.36. The molecule has 3 fully saturated rings. The van der Waals surface area contributed by atoms with Crippen molar-refractivity contribution in [1.29, 1.82) is 0 Å². The number of thioether (sulfide) groups is 1. The van der Waals surface area contributed by atoms with E-state index in [0.717, 1.165) is 25.0 Å². The monoisotopic (exact) mass is 1070 g/mol. The van der Waals surface area contributed by atoms with Gasteiger partial charge in [0, 0.05) is 46.0 Å². The molecule has 366 valence electrons. The molecule has 0 spiro atoms. The maximum Gasteiger partial charge on any atom is 0.490 e. The number of rotatable bonds is 25. The quantitative estimate of drug-likeness (QED) is 0.0141. The van der Waals surface area contributed by atoms with Gasteiger partial charge in [0.25, 0.3) is 5.56 Å². The molecule has 0 radical (unpaired) electrons. The van der Waals surface area contributed by atoms with Crippen LogP contribution in [0.15, 0.2) is 11.0 Å². The molecule has 2 aromatic rings. The van der Waals surface area contributed by atoms with Gasteiger partial charge >= 0.3 is 29.5 Å². The number of nitrogens with two attached hydrogens (primary N) is 1. The highest BCUT2D eigenvalue weighted by Gasteiger charge is 2.45. The van der Waals surface area contributed by atoms with Crippen molar-refractivity contribution in [1.82, 2.24) is 25.2 Å². The number of H-pyrrole nitrogens is 1. The van der Waals surface area contributed by atoms with Gasteiger partial charge in [-0.05, 0) is 33.1 Å². The molecule has 3 aliphatic rings. The van der Waals surface area contributed by atoms with E-state index >= 15 is 0 Å².